The first kappa shape index (κ1) is 20.1. The average molecular weight is 418 g/mol. The summed E-state index contributed by atoms with van der Waals surface area (Å²) in [5, 5.41) is 20.5. The summed E-state index contributed by atoms with van der Waals surface area (Å²) in [5.74, 6) is 5.38. The van der Waals surface area contributed by atoms with E-state index in [1.807, 2.05) is 35.4 Å². The number of nitrogens with zero attached hydrogens (tertiary/aromatic N) is 3. The molecular weight excluding hydrogens is 397 g/mol. The van der Waals surface area contributed by atoms with E-state index in [2.05, 4.69) is 29.8 Å². The Kier molecular flexibility index (Phi) is 5.81. The quantitative estimate of drug-likeness (QED) is 0.650. The van der Waals surface area contributed by atoms with Crippen LogP contribution in [0.1, 0.15) is 34.4 Å². The van der Waals surface area contributed by atoms with Crippen molar-refractivity contribution in [1.82, 2.24) is 4.98 Å². The van der Waals surface area contributed by atoms with E-state index in [9.17, 15) is 14.8 Å². The lowest BCUT2D eigenvalue weighted by molar-refractivity contribution is 0.187. The lowest BCUT2D eigenvalue weighted by Gasteiger charge is -2.51. The van der Waals surface area contributed by atoms with E-state index < -0.39 is 0 Å². The number of nitriles is 1. The highest BCUT2D eigenvalue weighted by Gasteiger charge is 2.50. The maximum Gasteiger partial charge on any atom is 0.186 e. The molecule has 6 heteroatoms. The summed E-state index contributed by atoms with van der Waals surface area (Å²) in [4.78, 5) is 7.51. The summed E-state index contributed by atoms with van der Waals surface area (Å²) in [6.45, 7) is 2.01. The summed E-state index contributed by atoms with van der Waals surface area (Å²) in [7, 11) is 0. The van der Waals surface area contributed by atoms with Crippen molar-refractivity contribution in [2.24, 2.45) is 0 Å². The zero-order valence-electron chi connectivity index (χ0n) is 16.4. The third-order valence-electron chi connectivity index (χ3n) is 5.35. The molecule has 1 saturated heterocycles. The van der Waals surface area contributed by atoms with Gasteiger partial charge in [0.2, 0.25) is 0 Å². The molecule has 1 N–H and O–H groups in total. The van der Waals surface area contributed by atoms with Crippen molar-refractivity contribution in [2.45, 2.75) is 31.3 Å². The molecule has 0 amide bonds. The van der Waals surface area contributed by atoms with Gasteiger partial charge in [-0.3, -0.25) is 0 Å². The van der Waals surface area contributed by atoms with Gasteiger partial charge >= 0.3 is 0 Å². The van der Waals surface area contributed by atoms with Crippen LogP contribution in [0.15, 0.2) is 54.7 Å². The molecule has 0 bridgehead atoms. The fraction of sp³-hybridized carbons (Fsp3) is 0.250. The second-order valence-electron chi connectivity index (χ2n) is 7.07. The average Bonchev–Trinajstić information content (AvgIpc) is 3.22. The zero-order chi connectivity index (χ0) is 21.1. The second-order valence-corrected chi connectivity index (χ2v) is 8.17. The Labute approximate surface area is 179 Å². The van der Waals surface area contributed by atoms with Crippen LogP contribution in [0, 0.1) is 29.0 Å². The standard InChI is InChI=1S/C24H20FN3OS/c1-2-19-14-27-24(30-19)28-21(13-26)23(22(28)15-29)18-11-8-16(9-12-18)7-10-17-5-3-4-6-20(17)25/h3-6,8-9,11-12,14,21-23,29H,2,15H2,1H3/t21-,22-,23-/m1/s1. The van der Waals surface area contributed by atoms with Crippen molar-refractivity contribution < 1.29 is 9.50 Å². The molecule has 150 valence electrons. The van der Waals surface area contributed by atoms with E-state index in [1.54, 1.807) is 29.5 Å². The number of aromatic nitrogens is 1. The number of anilines is 1. The molecule has 0 unspecified atom stereocenters. The van der Waals surface area contributed by atoms with Crippen LogP contribution < -0.4 is 4.90 Å². The number of rotatable bonds is 4. The number of thiazole rings is 1. The predicted molar refractivity (Wildman–Crippen MR) is 116 cm³/mol. The lowest BCUT2D eigenvalue weighted by Crippen LogP contribution is -2.63. The van der Waals surface area contributed by atoms with Crippen molar-refractivity contribution in [1.29, 1.82) is 5.26 Å². The van der Waals surface area contributed by atoms with Gasteiger partial charge in [0.1, 0.15) is 11.9 Å². The molecule has 2 heterocycles. The fourth-order valence-electron chi connectivity index (χ4n) is 3.74. The monoisotopic (exact) mass is 417 g/mol. The fourth-order valence-corrected chi connectivity index (χ4v) is 4.69. The van der Waals surface area contributed by atoms with Gasteiger partial charge in [0, 0.05) is 22.6 Å². The van der Waals surface area contributed by atoms with Crippen LogP contribution in [0.25, 0.3) is 0 Å². The largest absolute Gasteiger partial charge is 0.394 e. The first-order chi connectivity index (χ1) is 14.7. The highest BCUT2D eigenvalue weighted by atomic mass is 32.1. The molecule has 0 spiro atoms. The predicted octanol–water partition coefficient (Wildman–Crippen LogP) is 4.10. The smallest absolute Gasteiger partial charge is 0.186 e. The highest BCUT2D eigenvalue weighted by molar-refractivity contribution is 7.15. The number of halogens is 1. The van der Waals surface area contributed by atoms with Crippen molar-refractivity contribution >= 4 is 16.5 Å². The van der Waals surface area contributed by atoms with Crippen LogP contribution >= 0.6 is 11.3 Å². The van der Waals surface area contributed by atoms with Crippen LogP contribution in [0.2, 0.25) is 0 Å². The molecule has 1 aromatic heterocycles. The number of benzene rings is 2. The van der Waals surface area contributed by atoms with Crippen LogP contribution in [0.3, 0.4) is 0 Å². The van der Waals surface area contributed by atoms with E-state index in [-0.39, 0.29) is 30.4 Å². The molecular formula is C24H20FN3OS. The van der Waals surface area contributed by atoms with Gasteiger partial charge in [0.05, 0.1) is 24.3 Å². The summed E-state index contributed by atoms with van der Waals surface area (Å²) < 4.78 is 13.7. The van der Waals surface area contributed by atoms with Gasteiger partial charge < -0.3 is 10.0 Å². The Morgan fingerprint density at radius 3 is 2.57 bits per heavy atom. The molecule has 0 saturated carbocycles. The minimum absolute atomic E-state index is 0.0568. The molecule has 4 nitrogen and oxygen atoms in total. The Bertz CT molecular complexity index is 1140. The highest BCUT2D eigenvalue weighted by Crippen LogP contribution is 2.44. The van der Waals surface area contributed by atoms with E-state index in [4.69, 9.17) is 0 Å². The molecule has 3 aromatic rings. The summed E-state index contributed by atoms with van der Waals surface area (Å²) in [6, 6.07) is 15.8. The maximum atomic E-state index is 13.7. The van der Waals surface area contributed by atoms with Crippen molar-refractivity contribution in [3.05, 3.63) is 82.1 Å². The number of aliphatic hydroxyl groups is 1. The number of hydrogen-bond acceptors (Lipinski definition) is 5. The molecule has 0 radical (unpaired) electrons. The van der Waals surface area contributed by atoms with E-state index >= 15 is 0 Å². The summed E-state index contributed by atoms with van der Waals surface area (Å²) >= 11 is 1.56. The molecule has 3 atom stereocenters. The normalized spacial score (nSPS) is 20.1. The van der Waals surface area contributed by atoms with Gasteiger partial charge in [-0.15, -0.1) is 11.3 Å². The van der Waals surface area contributed by atoms with Crippen molar-refractivity contribution in [3.63, 3.8) is 0 Å². The van der Waals surface area contributed by atoms with Crippen molar-refractivity contribution in [3.8, 4) is 17.9 Å². The van der Waals surface area contributed by atoms with Gasteiger partial charge in [-0.1, -0.05) is 43.0 Å². The SMILES string of the molecule is CCc1cnc(N2[C@H](C#N)[C@@H](c3ccc(C#Cc4ccccc4F)cc3)[C@H]2CO)s1. The Balaban J connectivity index is 1.55. The molecule has 1 fully saturated rings. The zero-order valence-corrected chi connectivity index (χ0v) is 17.2. The van der Waals surface area contributed by atoms with Crippen LogP contribution in [0.4, 0.5) is 9.52 Å². The second kappa shape index (κ2) is 8.67. The third-order valence-corrected chi connectivity index (χ3v) is 6.51. The Morgan fingerprint density at radius 2 is 1.93 bits per heavy atom. The summed E-state index contributed by atoms with van der Waals surface area (Å²) in [5.41, 5.74) is 2.09. The van der Waals surface area contributed by atoms with Crippen LogP contribution in [-0.2, 0) is 6.42 Å². The minimum Gasteiger partial charge on any atom is -0.394 e. The van der Waals surface area contributed by atoms with Gasteiger partial charge in [-0.05, 0) is 36.2 Å². The Hall–Kier alpha value is -3.19. The topological polar surface area (TPSA) is 60.2 Å². The summed E-state index contributed by atoms with van der Waals surface area (Å²) in [6.07, 6.45) is 2.73. The lowest BCUT2D eigenvalue weighted by atomic mass is 9.76. The van der Waals surface area contributed by atoms with E-state index in [0.717, 1.165) is 27.6 Å². The van der Waals surface area contributed by atoms with Gasteiger partial charge in [0.25, 0.3) is 0 Å². The Morgan fingerprint density at radius 1 is 1.17 bits per heavy atom. The van der Waals surface area contributed by atoms with Gasteiger partial charge in [-0.25, -0.2) is 9.37 Å². The number of hydrogen-bond donors (Lipinski definition) is 1. The first-order valence-corrected chi connectivity index (χ1v) is 10.6. The minimum atomic E-state index is -0.381. The molecule has 1 aliphatic heterocycles. The van der Waals surface area contributed by atoms with Crippen LogP contribution in [0.5, 0.6) is 0 Å². The van der Waals surface area contributed by atoms with Gasteiger partial charge in [0.15, 0.2) is 5.13 Å². The molecule has 4 rings (SSSR count). The van der Waals surface area contributed by atoms with Gasteiger partial charge in [-0.2, -0.15) is 5.26 Å². The number of aryl methyl sites for hydroxylation is 1. The third kappa shape index (κ3) is 3.68. The molecule has 0 aliphatic carbocycles. The maximum absolute atomic E-state index is 13.7. The molecule has 30 heavy (non-hydrogen) atoms. The van der Waals surface area contributed by atoms with E-state index in [0.29, 0.717) is 5.56 Å². The first-order valence-electron chi connectivity index (χ1n) is 9.76. The van der Waals surface area contributed by atoms with E-state index in [1.165, 1.54) is 6.07 Å². The molecule has 2 aromatic carbocycles. The van der Waals surface area contributed by atoms with Crippen LogP contribution in [-0.4, -0.2) is 28.8 Å². The molecule has 1 aliphatic rings. The van der Waals surface area contributed by atoms with Crippen molar-refractivity contribution in [2.75, 3.05) is 11.5 Å². The number of aliphatic hydroxyl groups excluding tert-OH is 1.